The van der Waals surface area contributed by atoms with Crippen molar-refractivity contribution in [3.63, 3.8) is 0 Å². The summed E-state index contributed by atoms with van der Waals surface area (Å²) in [5.74, 6) is -0.440. The lowest BCUT2D eigenvalue weighted by Crippen LogP contribution is -2.41. The Bertz CT molecular complexity index is 1610. The fourth-order valence-electron chi connectivity index (χ4n) is 4.82. The molecule has 3 aromatic rings. The number of aromatic nitrogens is 3. The highest BCUT2D eigenvalue weighted by atomic mass is 32.2. The van der Waals surface area contributed by atoms with Gasteiger partial charge in [-0.3, -0.25) is 9.59 Å². The van der Waals surface area contributed by atoms with Crippen molar-refractivity contribution in [2.45, 2.75) is 43.1 Å². The Balaban J connectivity index is 0.000000223. The SMILES string of the molecule is C=CC(=O)N1CCC(Oc2ccc(-c3ccc(S(C)(=O)=O)cc3)cc2)CC1.C=CC(=O)N1CCn2c(nnc2C(F)(F)F)C1. The number of halogens is 3. The molecule has 5 rings (SSSR count). The number of hydrogen-bond acceptors (Lipinski definition) is 7. The smallest absolute Gasteiger partial charge is 0.451 e. The van der Waals surface area contributed by atoms with Crippen LogP contribution in [0.5, 0.6) is 5.75 Å². The predicted molar refractivity (Wildman–Crippen MR) is 156 cm³/mol. The Morgan fingerprint density at radius 2 is 1.41 bits per heavy atom. The van der Waals surface area contributed by atoms with Gasteiger partial charge < -0.3 is 19.1 Å². The van der Waals surface area contributed by atoms with Gasteiger partial charge in [-0.25, -0.2) is 8.42 Å². The van der Waals surface area contributed by atoms with E-state index in [1.165, 1.54) is 17.2 Å². The van der Waals surface area contributed by atoms with Crippen molar-refractivity contribution in [1.29, 1.82) is 0 Å². The number of carbonyl (C=O) groups is 2. The van der Waals surface area contributed by atoms with Gasteiger partial charge in [-0.2, -0.15) is 13.2 Å². The lowest BCUT2D eigenvalue weighted by Gasteiger charge is -2.31. The summed E-state index contributed by atoms with van der Waals surface area (Å²) in [5.41, 5.74) is 1.94. The van der Waals surface area contributed by atoms with E-state index in [4.69, 9.17) is 4.74 Å². The maximum atomic E-state index is 12.5. The molecule has 3 heterocycles. The number of sulfone groups is 1. The van der Waals surface area contributed by atoms with Gasteiger partial charge >= 0.3 is 6.18 Å². The molecule has 0 radical (unpaired) electrons. The zero-order valence-electron chi connectivity index (χ0n) is 24.0. The van der Waals surface area contributed by atoms with Crippen LogP contribution in [0.3, 0.4) is 0 Å². The molecular weight excluding hydrogens is 599 g/mol. The van der Waals surface area contributed by atoms with E-state index in [-0.39, 0.29) is 43.4 Å². The minimum Gasteiger partial charge on any atom is -0.490 e. The van der Waals surface area contributed by atoms with Crippen LogP contribution in [-0.2, 0) is 38.7 Å². The molecule has 1 saturated heterocycles. The van der Waals surface area contributed by atoms with Crippen LogP contribution in [0.4, 0.5) is 13.2 Å². The minimum absolute atomic E-state index is 0.0218. The third-order valence-electron chi connectivity index (χ3n) is 7.19. The van der Waals surface area contributed by atoms with E-state index in [9.17, 15) is 31.2 Å². The summed E-state index contributed by atoms with van der Waals surface area (Å²) >= 11 is 0. The molecule has 2 aliphatic rings. The minimum atomic E-state index is -4.52. The molecular formula is C30H32F3N5O5S. The molecule has 2 amide bonds. The number of carbonyl (C=O) groups excluding carboxylic acids is 2. The quantitative estimate of drug-likeness (QED) is 0.376. The van der Waals surface area contributed by atoms with Gasteiger partial charge in [-0.05, 0) is 47.5 Å². The van der Waals surface area contributed by atoms with E-state index in [1.54, 1.807) is 29.2 Å². The molecule has 1 aromatic heterocycles. The molecule has 2 aromatic carbocycles. The van der Waals surface area contributed by atoms with Gasteiger partial charge in [0.1, 0.15) is 11.9 Å². The molecule has 0 saturated carbocycles. The van der Waals surface area contributed by atoms with Crippen molar-refractivity contribution in [1.82, 2.24) is 24.6 Å². The lowest BCUT2D eigenvalue weighted by atomic mass is 10.1. The summed E-state index contributed by atoms with van der Waals surface area (Å²) < 4.78 is 67.6. The van der Waals surface area contributed by atoms with Crippen LogP contribution in [-0.4, -0.2) is 76.8 Å². The number of alkyl halides is 3. The summed E-state index contributed by atoms with van der Waals surface area (Å²) in [5, 5.41) is 6.57. The van der Waals surface area contributed by atoms with Crippen LogP contribution in [0.2, 0.25) is 0 Å². The van der Waals surface area contributed by atoms with Crippen LogP contribution in [0.15, 0.2) is 78.7 Å². The van der Waals surface area contributed by atoms with Gasteiger partial charge in [0.25, 0.3) is 0 Å². The first-order valence-electron chi connectivity index (χ1n) is 13.7. The first-order chi connectivity index (χ1) is 20.8. The number of piperidine rings is 1. The van der Waals surface area contributed by atoms with Crippen LogP contribution >= 0.6 is 0 Å². The van der Waals surface area contributed by atoms with Gasteiger partial charge in [0.05, 0.1) is 11.4 Å². The maximum Gasteiger partial charge on any atom is 0.451 e. The Morgan fingerprint density at radius 3 is 1.93 bits per heavy atom. The van der Waals surface area contributed by atoms with Crippen molar-refractivity contribution < 1.29 is 35.9 Å². The van der Waals surface area contributed by atoms with Gasteiger partial charge in [-0.1, -0.05) is 37.4 Å². The fourth-order valence-corrected chi connectivity index (χ4v) is 5.45. The first-order valence-corrected chi connectivity index (χ1v) is 15.6. The molecule has 0 aliphatic carbocycles. The molecule has 2 aliphatic heterocycles. The van der Waals surface area contributed by atoms with E-state index >= 15 is 0 Å². The molecule has 234 valence electrons. The summed E-state index contributed by atoms with van der Waals surface area (Å²) in [7, 11) is -3.19. The van der Waals surface area contributed by atoms with Crippen LogP contribution in [0.25, 0.3) is 11.1 Å². The summed E-state index contributed by atoms with van der Waals surface area (Å²) in [6.45, 7) is 8.46. The second-order valence-corrected chi connectivity index (χ2v) is 12.2. The van der Waals surface area contributed by atoms with Crippen molar-refractivity contribution in [3.8, 4) is 16.9 Å². The topological polar surface area (TPSA) is 115 Å². The molecule has 0 spiro atoms. The molecule has 10 nitrogen and oxygen atoms in total. The normalized spacial score (nSPS) is 15.5. The highest BCUT2D eigenvalue weighted by Crippen LogP contribution is 2.29. The first kappa shape index (κ1) is 32.5. The lowest BCUT2D eigenvalue weighted by molar-refractivity contribution is -0.148. The predicted octanol–water partition coefficient (Wildman–Crippen LogP) is 4.14. The molecule has 0 N–H and O–H groups in total. The second-order valence-electron chi connectivity index (χ2n) is 10.2. The van der Waals surface area contributed by atoms with Crippen molar-refractivity contribution in [3.05, 3.63) is 85.5 Å². The number of nitrogens with zero attached hydrogens (tertiary/aromatic N) is 5. The van der Waals surface area contributed by atoms with E-state index in [0.29, 0.717) is 18.0 Å². The zero-order chi connectivity index (χ0) is 32.1. The molecule has 14 heteroatoms. The number of fused-ring (bicyclic) bond motifs is 1. The highest BCUT2D eigenvalue weighted by Gasteiger charge is 2.39. The zero-order valence-corrected chi connectivity index (χ0v) is 24.9. The Kier molecular flexibility index (Phi) is 9.92. The molecule has 0 unspecified atom stereocenters. The highest BCUT2D eigenvalue weighted by molar-refractivity contribution is 7.90. The summed E-state index contributed by atoms with van der Waals surface area (Å²) in [6, 6.07) is 14.6. The number of hydrogen-bond donors (Lipinski definition) is 0. The van der Waals surface area contributed by atoms with Crippen molar-refractivity contribution in [2.24, 2.45) is 0 Å². The Labute approximate surface area is 253 Å². The Hall–Kier alpha value is -4.46. The molecule has 0 bridgehead atoms. The maximum absolute atomic E-state index is 12.5. The van der Waals surface area contributed by atoms with E-state index < -0.39 is 21.8 Å². The van der Waals surface area contributed by atoms with Gasteiger partial charge in [0, 0.05) is 45.3 Å². The van der Waals surface area contributed by atoms with Gasteiger partial charge in [-0.15, -0.1) is 10.2 Å². The fraction of sp³-hybridized carbons (Fsp3) is 0.333. The van der Waals surface area contributed by atoms with E-state index in [2.05, 4.69) is 23.4 Å². The average molecular weight is 632 g/mol. The number of likely N-dealkylation sites (tertiary alicyclic amines) is 1. The van der Waals surface area contributed by atoms with Crippen LogP contribution in [0.1, 0.15) is 24.5 Å². The van der Waals surface area contributed by atoms with Crippen LogP contribution in [0, 0.1) is 0 Å². The summed E-state index contributed by atoms with van der Waals surface area (Å²) in [6.07, 6.45) is 0.849. The Morgan fingerprint density at radius 1 is 0.864 bits per heavy atom. The average Bonchev–Trinajstić information content (AvgIpc) is 3.45. The van der Waals surface area contributed by atoms with Crippen molar-refractivity contribution >= 4 is 21.7 Å². The molecule has 44 heavy (non-hydrogen) atoms. The number of benzene rings is 2. The van der Waals surface area contributed by atoms with Crippen molar-refractivity contribution in [2.75, 3.05) is 25.9 Å². The van der Waals surface area contributed by atoms with E-state index in [0.717, 1.165) is 40.4 Å². The third kappa shape index (κ3) is 7.92. The molecule has 0 atom stereocenters. The van der Waals surface area contributed by atoms with E-state index in [1.807, 2.05) is 24.3 Å². The number of amides is 2. The standard InChI is InChI=1S/C21H23NO4S.C9H9F3N4O/c1-3-21(23)22-14-12-19(13-15-22)26-18-8-4-16(5-9-18)17-6-10-20(11-7-17)27(2,24)25;1-2-7(17)15-3-4-16-6(5-15)13-14-8(16)9(10,11)12/h3-11,19H,1,12-15H2,2H3;2H,1,3-5H2. The van der Waals surface area contributed by atoms with Crippen LogP contribution < -0.4 is 4.74 Å². The number of rotatable bonds is 6. The van der Waals surface area contributed by atoms with Gasteiger partial charge in [0.15, 0.2) is 15.7 Å². The monoisotopic (exact) mass is 631 g/mol. The largest absolute Gasteiger partial charge is 0.490 e. The number of ether oxygens (including phenoxy) is 1. The summed E-state index contributed by atoms with van der Waals surface area (Å²) in [4.78, 5) is 26.4. The molecule has 1 fully saturated rings. The van der Waals surface area contributed by atoms with Gasteiger partial charge in [0.2, 0.25) is 17.6 Å². The second kappa shape index (κ2) is 13.5. The third-order valence-corrected chi connectivity index (χ3v) is 8.32.